The maximum Gasteiger partial charge on any atom is 0.224 e. The van der Waals surface area contributed by atoms with Crippen molar-refractivity contribution in [1.29, 1.82) is 0 Å². The number of rotatable bonds is 4. The van der Waals surface area contributed by atoms with Crippen molar-refractivity contribution in [1.82, 2.24) is 15.5 Å². The molecule has 4 nitrogen and oxygen atoms in total. The van der Waals surface area contributed by atoms with Gasteiger partial charge >= 0.3 is 0 Å². The quantitative estimate of drug-likeness (QED) is 0.834. The SMILES string of the molecule is CC1CCNCC1NC(=O)C1CCCN(Cc2ccccc2)C1.Cl.Cl. The number of nitrogens with one attached hydrogen (secondary N) is 2. The van der Waals surface area contributed by atoms with Crippen molar-refractivity contribution < 1.29 is 4.79 Å². The second-order valence-corrected chi connectivity index (χ2v) is 7.15. The van der Waals surface area contributed by atoms with Gasteiger partial charge in [-0.25, -0.2) is 0 Å². The largest absolute Gasteiger partial charge is 0.352 e. The summed E-state index contributed by atoms with van der Waals surface area (Å²) in [5.41, 5.74) is 1.33. The Morgan fingerprint density at radius 1 is 1.24 bits per heavy atom. The highest BCUT2D eigenvalue weighted by Gasteiger charge is 2.29. The number of halogens is 2. The summed E-state index contributed by atoms with van der Waals surface area (Å²) < 4.78 is 0. The summed E-state index contributed by atoms with van der Waals surface area (Å²) in [6.07, 6.45) is 3.28. The van der Waals surface area contributed by atoms with Crippen molar-refractivity contribution in [2.75, 3.05) is 26.2 Å². The van der Waals surface area contributed by atoms with Crippen LogP contribution in [0.2, 0.25) is 0 Å². The molecule has 142 valence electrons. The van der Waals surface area contributed by atoms with Gasteiger partial charge in [0.05, 0.1) is 5.92 Å². The molecule has 0 aliphatic carbocycles. The lowest BCUT2D eigenvalue weighted by Crippen LogP contribution is -2.53. The smallest absolute Gasteiger partial charge is 0.224 e. The molecule has 0 aromatic heterocycles. The molecule has 2 saturated heterocycles. The number of benzene rings is 1. The van der Waals surface area contributed by atoms with E-state index in [4.69, 9.17) is 0 Å². The predicted octanol–water partition coefficient (Wildman–Crippen LogP) is 2.86. The van der Waals surface area contributed by atoms with Crippen LogP contribution in [0.5, 0.6) is 0 Å². The number of likely N-dealkylation sites (tertiary alicyclic amines) is 1. The molecule has 3 unspecified atom stereocenters. The van der Waals surface area contributed by atoms with Crippen LogP contribution in [0.15, 0.2) is 30.3 Å². The zero-order chi connectivity index (χ0) is 16.1. The molecule has 6 heteroatoms. The van der Waals surface area contributed by atoms with Crippen LogP contribution in [0.1, 0.15) is 31.7 Å². The van der Waals surface area contributed by atoms with Gasteiger partial charge in [-0.05, 0) is 43.8 Å². The maximum absolute atomic E-state index is 12.6. The van der Waals surface area contributed by atoms with Gasteiger partial charge in [0.2, 0.25) is 5.91 Å². The molecule has 0 bridgehead atoms. The van der Waals surface area contributed by atoms with E-state index in [0.717, 1.165) is 52.0 Å². The van der Waals surface area contributed by atoms with Crippen LogP contribution in [-0.2, 0) is 11.3 Å². The Morgan fingerprint density at radius 3 is 2.72 bits per heavy atom. The molecule has 2 heterocycles. The molecule has 0 saturated carbocycles. The second-order valence-electron chi connectivity index (χ2n) is 7.15. The fourth-order valence-electron chi connectivity index (χ4n) is 3.74. The zero-order valence-electron chi connectivity index (χ0n) is 14.9. The van der Waals surface area contributed by atoms with E-state index in [0.29, 0.717) is 12.0 Å². The Bertz CT molecular complexity index is 515. The maximum atomic E-state index is 12.6. The van der Waals surface area contributed by atoms with Gasteiger partial charge in [-0.15, -0.1) is 24.8 Å². The van der Waals surface area contributed by atoms with Crippen LogP contribution in [-0.4, -0.2) is 43.0 Å². The molecule has 3 rings (SSSR count). The van der Waals surface area contributed by atoms with Gasteiger partial charge in [-0.2, -0.15) is 0 Å². The van der Waals surface area contributed by atoms with Crippen LogP contribution in [0.25, 0.3) is 0 Å². The molecule has 1 aromatic rings. The molecule has 2 aliphatic rings. The van der Waals surface area contributed by atoms with E-state index in [2.05, 4.69) is 52.8 Å². The van der Waals surface area contributed by atoms with E-state index in [-0.39, 0.29) is 36.6 Å². The zero-order valence-corrected chi connectivity index (χ0v) is 16.6. The van der Waals surface area contributed by atoms with Crippen molar-refractivity contribution in [2.45, 2.75) is 38.8 Å². The van der Waals surface area contributed by atoms with Gasteiger partial charge in [0.15, 0.2) is 0 Å². The Labute approximate surface area is 163 Å². The van der Waals surface area contributed by atoms with Crippen LogP contribution >= 0.6 is 24.8 Å². The monoisotopic (exact) mass is 387 g/mol. The molecule has 0 radical (unpaired) electrons. The Kier molecular flexibility index (Phi) is 9.80. The molecule has 3 atom stereocenters. The van der Waals surface area contributed by atoms with Gasteiger partial charge < -0.3 is 10.6 Å². The molecule has 1 amide bonds. The lowest BCUT2D eigenvalue weighted by Gasteiger charge is -2.35. The second kappa shape index (κ2) is 11.0. The molecule has 25 heavy (non-hydrogen) atoms. The minimum Gasteiger partial charge on any atom is -0.352 e. The van der Waals surface area contributed by atoms with E-state index in [1.165, 1.54) is 5.56 Å². The molecule has 2 N–H and O–H groups in total. The van der Waals surface area contributed by atoms with Crippen molar-refractivity contribution in [3.05, 3.63) is 35.9 Å². The topological polar surface area (TPSA) is 44.4 Å². The fraction of sp³-hybridized carbons (Fsp3) is 0.632. The molecule has 1 aromatic carbocycles. The summed E-state index contributed by atoms with van der Waals surface area (Å²) in [5, 5.41) is 6.68. The van der Waals surface area contributed by atoms with Crippen molar-refractivity contribution in [3.8, 4) is 0 Å². The average molecular weight is 388 g/mol. The third-order valence-corrected chi connectivity index (χ3v) is 5.28. The minimum atomic E-state index is 0. The highest BCUT2D eigenvalue weighted by molar-refractivity contribution is 5.85. The fourth-order valence-corrected chi connectivity index (χ4v) is 3.74. The molecule has 0 spiro atoms. The number of piperidine rings is 2. The lowest BCUT2D eigenvalue weighted by molar-refractivity contribution is -0.128. The first-order chi connectivity index (χ1) is 11.2. The third kappa shape index (κ3) is 6.45. The third-order valence-electron chi connectivity index (χ3n) is 5.28. The Balaban J connectivity index is 0.00000156. The average Bonchev–Trinajstić information content (AvgIpc) is 2.58. The summed E-state index contributed by atoms with van der Waals surface area (Å²) in [5.74, 6) is 0.967. The molecule has 2 aliphatic heterocycles. The first-order valence-corrected chi connectivity index (χ1v) is 9.00. The first kappa shape index (κ1) is 22.2. The standard InChI is InChI=1S/C19H29N3O.2ClH/c1-15-9-10-20-12-18(15)21-19(23)17-8-5-11-22(14-17)13-16-6-3-2-4-7-16;;/h2-4,6-7,15,17-18,20H,5,8-14H2,1H3,(H,21,23);2*1H. The summed E-state index contributed by atoms with van der Waals surface area (Å²) in [6.45, 7) is 7.16. The van der Waals surface area contributed by atoms with Crippen LogP contribution in [0.3, 0.4) is 0 Å². The normalized spacial score (nSPS) is 26.8. The van der Waals surface area contributed by atoms with Gasteiger partial charge in [-0.3, -0.25) is 9.69 Å². The molecular formula is C19H31Cl2N3O. The van der Waals surface area contributed by atoms with E-state index in [1.54, 1.807) is 0 Å². The van der Waals surface area contributed by atoms with E-state index >= 15 is 0 Å². The van der Waals surface area contributed by atoms with Gasteiger partial charge in [0.1, 0.15) is 0 Å². The summed E-state index contributed by atoms with van der Waals surface area (Å²) in [7, 11) is 0. The van der Waals surface area contributed by atoms with Crippen LogP contribution < -0.4 is 10.6 Å². The summed E-state index contributed by atoms with van der Waals surface area (Å²) in [6, 6.07) is 10.8. The number of nitrogens with zero attached hydrogens (tertiary/aromatic N) is 1. The number of carbonyl (C=O) groups is 1. The van der Waals surface area contributed by atoms with E-state index in [9.17, 15) is 4.79 Å². The molecular weight excluding hydrogens is 357 g/mol. The van der Waals surface area contributed by atoms with Crippen LogP contribution in [0, 0.1) is 11.8 Å². The van der Waals surface area contributed by atoms with Gasteiger partial charge in [-0.1, -0.05) is 37.3 Å². The Hall–Kier alpha value is -0.810. The Morgan fingerprint density at radius 2 is 2.00 bits per heavy atom. The van der Waals surface area contributed by atoms with Gasteiger partial charge in [0.25, 0.3) is 0 Å². The lowest BCUT2D eigenvalue weighted by atomic mass is 9.92. The summed E-state index contributed by atoms with van der Waals surface area (Å²) in [4.78, 5) is 15.1. The van der Waals surface area contributed by atoms with Gasteiger partial charge in [0, 0.05) is 25.7 Å². The van der Waals surface area contributed by atoms with E-state index in [1.807, 2.05) is 0 Å². The first-order valence-electron chi connectivity index (χ1n) is 9.00. The predicted molar refractivity (Wildman–Crippen MR) is 108 cm³/mol. The highest BCUT2D eigenvalue weighted by Crippen LogP contribution is 2.20. The number of hydrogen-bond donors (Lipinski definition) is 2. The molecule has 2 fully saturated rings. The minimum absolute atomic E-state index is 0. The van der Waals surface area contributed by atoms with Crippen molar-refractivity contribution in [2.24, 2.45) is 11.8 Å². The van der Waals surface area contributed by atoms with Crippen molar-refractivity contribution >= 4 is 30.7 Å². The van der Waals surface area contributed by atoms with E-state index < -0.39 is 0 Å². The highest BCUT2D eigenvalue weighted by atomic mass is 35.5. The number of carbonyl (C=O) groups excluding carboxylic acids is 1. The number of amides is 1. The number of hydrogen-bond acceptors (Lipinski definition) is 3. The van der Waals surface area contributed by atoms with Crippen LogP contribution in [0.4, 0.5) is 0 Å². The summed E-state index contributed by atoms with van der Waals surface area (Å²) >= 11 is 0. The van der Waals surface area contributed by atoms with Crippen molar-refractivity contribution in [3.63, 3.8) is 0 Å².